The molecule has 3 heterocycles. The SMILES string of the molecule is O=c1c(OC2CCC(c3ccccc3)CC2)c(N2CCN(S(=O)(=O)c3ccccn3)CC2)cnn1-c1cccc(Cl)c1. The normalized spacial score (nSPS) is 19.9. The van der Waals surface area contributed by atoms with Crippen LogP contribution in [0.15, 0.2) is 95.0 Å². The fourth-order valence-electron chi connectivity index (χ4n) is 5.76. The van der Waals surface area contributed by atoms with Crippen molar-refractivity contribution >= 4 is 27.3 Å². The van der Waals surface area contributed by atoms with E-state index >= 15 is 0 Å². The van der Waals surface area contributed by atoms with Gasteiger partial charge in [0, 0.05) is 37.4 Å². The summed E-state index contributed by atoms with van der Waals surface area (Å²) in [4.78, 5) is 19.9. The zero-order valence-electron chi connectivity index (χ0n) is 23.0. The van der Waals surface area contributed by atoms with E-state index in [4.69, 9.17) is 16.3 Å². The third-order valence-corrected chi connectivity index (χ3v) is 10.1. The van der Waals surface area contributed by atoms with Crippen LogP contribution in [0.1, 0.15) is 37.2 Å². The number of benzene rings is 2. The van der Waals surface area contributed by atoms with Crippen molar-refractivity contribution in [1.29, 1.82) is 0 Å². The molecule has 218 valence electrons. The summed E-state index contributed by atoms with van der Waals surface area (Å²) in [5.74, 6) is 0.703. The van der Waals surface area contributed by atoms with Gasteiger partial charge in [0.15, 0.2) is 5.03 Å². The van der Waals surface area contributed by atoms with Crippen molar-refractivity contribution in [3.05, 3.63) is 106 Å². The molecular formula is C31H32ClN5O4S. The number of rotatable bonds is 7. The molecule has 0 spiro atoms. The van der Waals surface area contributed by atoms with Gasteiger partial charge in [-0.15, -0.1) is 0 Å². The van der Waals surface area contributed by atoms with E-state index in [9.17, 15) is 13.2 Å². The molecule has 0 radical (unpaired) electrons. The van der Waals surface area contributed by atoms with Gasteiger partial charge in [0.25, 0.3) is 10.0 Å². The largest absolute Gasteiger partial charge is 0.483 e. The smallest absolute Gasteiger partial charge is 0.316 e. The average Bonchev–Trinajstić information content (AvgIpc) is 3.03. The van der Waals surface area contributed by atoms with E-state index in [0.717, 1.165) is 25.7 Å². The van der Waals surface area contributed by atoms with Crippen LogP contribution in [0.2, 0.25) is 5.02 Å². The predicted octanol–water partition coefficient (Wildman–Crippen LogP) is 4.90. The quantitative estimate of drug-likeness (QED) is 0.296. The molecule has 6 rings (SSSR count). The maximum atomic E-state index is 13.9. The van der Waals surface area contributed by atoms with Crippen LogP contribution in [-0.4, -0.2) is 59.8 Å². The lowest BCUT2D eigenvalue weighted by Gasteiger charge is -2.36. The van der Waals surface area contributed by atoms with Crippen molar-refractivity contribution in [2.24, 2.45) is 0 Å². The molecule has 9 nitrogen and oxygen atoms in total. The summed E-state index contributed by atoms with van der Waals surface area (Å²) in [6, 6.07) is 22.3. The summed E-state index contributed by atoms with van der Waals surface area (Å²) in [6.45, 7) is 1.26. The number of sulfonamides is 1. The highest BCUT2D eigenvalue weighted by atomic mass is 35.5. The lowest BCUT2D eigenvalue weighted by molar-refractivity contribution is 0.144. The number of ether oxygens (including phenoxy) is 1. The average molecular weight is 606 g/mol. The Morgan fingerprint density at radius 1 is 0.857 bits per heavy atom. The minimum Gasteiger partial charge on any atom is -0.483 e. The molecule has 1 saturated heterocycles. The molecule has 2 aliphatic rings. The molecule has 0 unspecified atom stereocenters. The topological polar surface area (TPSA) is 97.6 Å². The maximum absolute atomic E-state index is 13.9. The van der Waals surface area contributed by atoms with Gasteiger partial charge in [0.2, 0.25) is 5.75 Å². The van der Waals surface area contributed by atoms with E-state index < -0.39 is 10.0 Å². The molecule has 1 aliphatic carbocycles. The van der Waals surface area contributed by atoms with Gasteiger partial charge in [-0.1, -0.05) is 54.1 Å². The highest BCUT2D eigenvalue weighted by molar-refractivity contribution is 7.89. The Morgan fingerprint density at radius 2 is 1.60 bits per heavy atom. The van der Waals surface area contributed by atoms with Crippen molar-refractivity contribution in [1.82, 2.24) is 19.1 Å². The van der Waals surface area contributed by atoms with E-state index in [1.54, 1.807) is 42.6 Å². The van der Waals surface area contributed by atoms with Gasteiger partial charge < -0.3 is 9.64 Å². The van der Waals surface area contributed by atoms with Crippen LogP contribution in [0.5, 0.6) is 5.75 Å². The molecule has 0 atom stereocenters. The molecule has 1 aliphatic heterocycles. The number of pyridine rings is 1. The minimum atomic E-state index is -3.71. The first-order valence-electron chi connectivity index (χ1n) is 14.2. The van der Waals surface area contributed by atoms with Crippen LogP contribution in [0.3, 0.4) is 0 Å². The third kappa shape index (κ3) is 5.92. The first-order valence-corrected chi connectivity index (χ1v) is 16.0. The second kappa shape index (κ2) is 12.2. The van der Waals surface area contributed by atoms with Gasteiger partial charge in [-0.05, 0) is 67.5 Å². The van der Waals surface area contributed by atoms with E-state index in [0.29, 0.717) is 35.4 Å². The molecule has 11 heteroatoms. The Bertz CT molecular complexity index is 1690. The molecule has 2 aromatic carbocycles. The number of halogens is 1. The molecule has 0 bridgehead atoms. The minimum absolute atomic E-state index is 0.0272. The summed E-state index contributed by atoms with van der Waals surface area (Å²) < 4.78 is 35.5. The van der Waals surface area contributed by atoms with E-state index in [1.165, 1.54) is 26.8 Å². The Kier molecular flexibility index (Phi) is 8.28. The number of hydrogen-bond acceptors (Lipinski definition) is 7. The summed E-state index contributed by atoms with van der Waals surface area (Å²) >= 11 is 6.21. The Morgan fingerprint density at radius 3 is 2.29 bits per heavy atom. The van der Waals surface area contributed by atoms with Crippen LogP contribution >= 0.6 is 11.6 Å². The summed E-state index contributed by atoms with van der Waals surface area (Å²) in [5, 5.41) is 4.99. The van der Waals surface area contributed by atoms with Gasteiger partial charge in [0.05, 0.1) is 18.0 Å². The number of nitrogens with zero attached hydrogens (tertiary/aromatic N) is 5. The molecule has 1 saturated carbocycles. The molecule has 2 fully saturated rings. The van der Waals surface area contributed by atoms with Crippen molar-refractivity contribution in [2.75, 3.05) is 31.1 Å². The number of aromatic nitrogens is 3. The maximum Gasteiger partial charge on any atom is 0.316 e. The molecule has 0 N–H and O–H groups in total. The molecule has 0 amide bonds. The van der Waals surface area contributed by atoms with Gasteiger partial charge in [-0.2, -0.15) is 14.1 Å². The first kappa shape index (κ1) is 28.4. The van der Waals surface area contributed by atoms with Crippen LogP contribution in [0, 0.1) is 0 Å². The summed E-state index contributed by atoms with van der Waals surface area (Å²) in [6.07, 6.45) is 6.60. The van der Waals surface area contributed by atoms with Crippen molar-refractivity contribution < 1.29 is 13.2 Å². The Labute approximate surface area is 250 Å². The van der Waals surface area contributed by atoms with E-state index in [2.05, 4.69) is 34.3 Å². The molecule has 42 heavy (non-hydrogen) atoms. The van der Waals surface area contributed by atoms with Crippen LogP contribution in [-0.2, 0) is 10.0 Å². The number of anilines is 1. The third-order valence-electron chi connectivity index (χ3n) is 8.02. The molecule has 4 aromatic rings. The second-order valence-corrected chi connectivity index (χ2v) is 12.9. The van der Waals surface area contributed by atoms with Crippen LogP contribution in [0.4, 0.5) is 5.69 Å². The Balaban J connectivity index is 1.25. The number of piperazine rings is 1. The Hall–Kier alpha value is -3.73. The lowest BCUT2D eigenvalue weighted by atomic mass is 9.83. The summed E-state index contributed by atoms with van der Waals surface area (Å²) in [5.41, 5.74) is 2.08. The first-order chi connectivity index (χ1) is 20.4. The van der Waals surface area contributed by atoms with Gasteiger partial charge >= 0.3 is 5.56 Å². The lowest BCUT2D eigenvalue weighted by Crippen LogP contribution is -2.49. The molecule has 2 aromatic heterocycles. The standard InChI is InChI=1S/C31H32ClN5O4S/c32-25-9-6-10-26(21-25)37-31(38)30(41-27-14-12-24(13-15-27)23-7-2-1-3-8-23)28(22-34-37)35-17-19-36(20-18-35)42(39,40)29-11-4-5-16-33-29/h1-11,16,21-22,24,27H,12-15,17-20H2. The zero-order chi connectivity index (χ0) is 29.1. The second-order valence-electron chi connectivity index (χ2n) is 10.6. The summed E-state index contributed by atoms with van der Waals surface area (Å²) in [7, 11) is -3.71. The van der Waals surface area contributed by atoms with Crippen LogP contribution < -0.4 is 15.2 Å². The molecular weight excluding hydrogens is 574 g/mol. The van der Waals surface area contributed by atoms with Gasteiger partial charge in [0.1, 0.15) is 5.69 Å². The van der Waals surface area contributed by atoms with E-state index in [-0.39, 0.29) is 35.5 Å². The monoisotopic (exact) mass is 605 g/mol. The highest BCUT2D eigenvalue weighted by Crippen LogP contribution is 2.36. The fraction of sp³-hybridized carbons (Fsp3) is 0.323. The fourth-order valence-corrected chi connectivity index (χ4v) is 7.30. The van der Waals surface area contributed by atoms with Crippen molar-refractivity contribution in [3.8, 4) is 11.4 Å². The predicted molar refractivity (Wildman–Crippen MR) is 162 cm³/mol. The van der Waals surface area contributed by atoms with Crippen LogP contribution in [0.25, 0.3) is 5.69 Å². The van der Waals surface area contributed by atoms with Gasteiger partial charge in [-0.25, -0.2) is 13.4 Å². The number of hydrogen-bond donors (Lipinski definition) is 0. The van der Waals surface area contributed by atoms with E-state index in [1.807, 2.05) is 11.0 Å². The highest BCUT2D eigenvalue weighted by Gasteiger charge is 2.32. The van der Waals surface area contributed by atoms with Gasteiger partial charge in [-0.3, -0.25) is 4.79 Å². The van der Waals surface area contributed by atoms with Crippen molar-refractivity contribution in [3.63, 3.8) is 0 Å². The zero-order valence-corrected chi connectivity index (χ0v) is 24.6. The van der Waals surface area contributed by atoms with Crippen molar-refractivity contribution in [2.45, 2.75) is 42.7 Å².